The summed E-state index contributed by atoms with van der Waals surface area (Å²) >= 11 is 1.21. The molecule has 4 heterocycles. The molecule has 1 saturated heterocycles. The van der Waals surface area contributed by atoms with E-state index in [1.54, 1.807) is 29.1 Å². The molecule has 1 saturated carbocycles. The van der Waals surface area contributed by atoms with Gasteiger partial charge in [-0.25, -0.2) is 22.9 Å². The summed E-state index contributed by atoms with van der Waals surface area (Å²) < 4.78 is 31.0. The predicted molar refractivity (Wildman–Crippen MR) is 124 cm³/mol. The molecule has 3 aromatic rings. The number of esters is 1. The van der Waals surface area contributed by atoms with E-state index in [0.29, 0.717) is 33.7 Å². The number of carbonyl (C=O) groups is 2. The molecule has 34 heavy (non-hydrogen) atoms. The molecule has 0 radical (unpaired) electrons. The van der Waals surface area contributed by atoms with E-state index >= 15 is 0 Å². The summed E-state index contributed by atoms with van der Waals surface area (Å²) in [6.45, 7) is 1.22. The number of nitrogens with one attached hydrogen (secondary N) is 1. The zero-order valence-electron chi connectivity index (χ0n) is 18.3. The summed E-state index contributed by atoms with van der Waals surface area (Å²) in [5.74, 6) is -0.909. The summed E-state index contributed by atoms with van der Waals surface area (Å²) in [5.41, 5.74) is 2.35. The van der Waals surface area contributed by atoms with Crippen LogP contribution in [0.5, 0.6) is 0 Å². The highest BCUT2D eigenvalue weighted by Gasteiger charge is 2.34. The fourth-order valence-corrected chi connectivity index (χ4v) is 6.62. The summed E-state index contributed by atoms with van der Waals surface area (Å²) in [4.78, 5) is 30.1. The summed E-state index contributed by atoms with van der Waals surface area (Å²) in [7, 11) is -3.13. The number of aryl methyl sites for hydroxylation is 1. The van der Waals surface area contributed by atoms with Crippen molar-refractivity contribution in [1.29, 1.82) is 5.26 Å². The average Bonchev–Trinajstić information content (AvgIpc) is 3.33. The molecule has 1 aliphatic heterocycles. The highest BCUT2D eigenvalue weighted by molar-refractivity contribution is 7.91. The smallest absolute Gasteiger partial charge is 0.339 e. The van der Waals surface area contributed by atoms with Crippen LogP contribution in [0, 0.1) is 18.3 Å². The normalized spacial score (nSPS) is 19.1. The molecule has 0 aromatic carbocycles. The number of rotatable bonds is 6. The number of pyridine rings is 1. The Morgan fingerprint density at radius 3 is 2.82 bits per heavy atom. The Hall–Kier alpha value is -3.30. The fourth-order valence-electron chi connectivity index (χ4n) is 4.17. The van der Waals surface area contributed by atoms with Crippen molar-refractivity contribution in [3.8, 4) is 6.07 Å². The second kappa shape index (κ2) is 8.48. The molecule has 1 amide bonds. The maximum absolute atomic E-state index is 13.1. The number of amides is 1. The van der Waals surface area contributed by atoms with E-state index in [-0.39, 0.29) is 29.0 Å². The van der Waals surface area contributed by atoms with Gasteiger partial charge in [-0.2, -0.15) is 10.4 Å². The van der Waals surface area contributed by atoms with Crippen molar-refractivity contribution < 1.29 is 22.7 Å². The summed E-state index contributed by atoms with van der Waals surface area (Å²) in [6, 6.07) is 4.93. The second-order valence-electron chi connectivity index (χ2n) is 8.55. The number of aromatic nitrogens is 3. The van der Waals surface area contributed by atoms with Crippen molar-refractivity contribution in [3.63, 3.8) is 0 Å². The maximum Gasteiger partial charge on any atom is 0.339 e. The van der Waals surface area contributed by atoms with Crippen LogP contribution in [0.25, 0.3) is 11.0 Å². The Labute approximate surface area is 199 Å². The van der Waals surface area contributed by atoms with Crippen LogP contribution < -0.4 is 5.32 Å². The number of ether oxygens (including phenoxy) is 1. The van der Waals surface area contributed by atoms with Crippen LogP contribution in [-0.2, 0) is 19.4 Å². The van der Waals surface area contributed by atoms with Gasteiger partial charge in [-0.3, -0.25) is 4.79 Å². The van der Waals surface area contributed by atoms with Gasteiger partial charge in [-0.1, -0.05) is 0 Å². The minimum absolute atomic E-state index is 0.00802. The van der Waals surface area contributed by atoms with Gasteiger partial charge < -0.3 is 10.1 Å². The SMILES string of the molecule is Cc1nn(C2CCS(=O)(=O)C2)c2nc(C3CC3)cc(C(=O)OCC(=O)Nc3sccc3C#N)c12. The van der Waals surface area contributed by atoms with Gasteiger partial charge in [0.05, 0.1) is 39.8 Å². The third-order valence-corrected chi connectivity index (χ3v) is 8.58. The van der Waals surface area contributed by atoms with Gasteiger partial charge in [0.15, 0.2) is 22.1 Å². The number of fused-ring (bicyclic) bond motifs is 1. The summed E-state index contributed by atoms with van der Waals surface area (Å²) in [6.07, 6.45) is 2.37. The van der Waals surface area contributed by atoms with E-state index in [1.165, 1.54) is 11.3 Å². The molecule has 2 aliphatic rings. The molecule has 5 rings (SSSR count). The largest absolute Gasteiger partial charge is 0.452 e. The van der Waals surface area contributed by atoms with E-state index in [9.17, 15) is 18.0 Å². The molecular formula is C22H21N5O5S2. The van der Waals surface area contributed by atoms with Crippen LogP contribution in [0.2, 0.25) is 0 Å². The Morgan fingerprint density at radius 2 is 2.15 bits per heavy atom. The molecule has 176 valence electrons. The van der Waals surface area contributed by atoms with Crippen molar-refractivity contribution >= 4 is 49.1 Å². The monoisotopic (exact) mass is 499 g/mol. The zero-order chi connectivity index (χ0) is 24.0. The number of nitriles is 1. The molecule has 1 N–H and O–H groups in total. The van der Waals surface area contributed by atoms with Crippen LogP contribution >= 0.6 is 11.3 Å². The van der Waals surface area contributed by atoms with Gasteiger partial charge in [0, 0.05) is 11.6 Å². The number of carbonyl (C=O) groups excluding carboxylic acids is 2. The molecule has 1 atom stereocenters. The van der Waals surface area contributed by atoms with Crippen molar-refractivity contribution in [2.24, 2.45) is 0 Å². The highest BCUT2D eigenvalue weighted by Crippen LogP contribution is 2.41. The van der Waals surface area contributed by atoms with Gasteiger partial charge >= 0.3 is 5.97 Å². The van der Waals surface area contributed by atoms with Crippen LogP contribution in [0.1, 0.15) is 58.5 Å². The van der Waals surface area contributed by atoms with Crippen molar-refractivity contribution in [2.75, 3.05) is 23.4 Å². The Balaban J connectivity index is 1.42. The fraction of sp³-hybridized carbons (Fsp3) is 0.409. The molecule has 2 fully saturated rings. The molecule has 1 aliphatic carbocycles. The maximum atomic E-state index is 13.1. The zero-order valence-corrected chi connectivity index (χ0v) is 19.9. The number of sulfone groups is 1. The minimum Gasteiger partial charge on any atom is -0.452 e. The second-order valence-corrected chi connectivity index (χ2v) is 11.7. The lowest BCUT2D eigenvalue weighted by atomic mass is 10.1. The number of thiophene rings is 1. The lowest BCUT2D eigenvalue weighted by Crippen LogP contribution is -2.21. The minimum atomic E-state index is -3.13. The lowest BCUT2D eigenvalue weighted by molar-refractivity contribution is -0.119. The molecule has 0 spiro atoms. The first kappa shape index (κ1) is 22.5. The lowest BCUT2D eigenvalue weighted by Gasteiger charge is -2.12. The average molecular weight is 500 g/mol. The van der Waals surface area contributed by atoms with Gasteiger partial charge in [-0.15, -0.1) is 11.3 Å². The molecule has 3 aromatic heterocycles. The van der Waals surface area contributed by atoms with E-state index in [2.05, 4.69) is 10.4 Å². The van der Waals surface area contributed by atoms with Crippen molar-refractivity contribution in [2.45, 2.75) is 38.1 Å². The van der Waals surface area contributed by atoms with Gasteiger partial charge in [-0.05, 0) is 43.7 Å². The Kier molecular flexibility index (Phi) is 5.61. The first-order valence-electron chi connectivity index (χ1n) is 10.8. The third-order valence-electron chi connectivity index (χ3n) is 6.00. The van der Waals surface area contributed by atoms with Crippen molar-refractivity contribution in [3.05, 3.63) is 40.0 Å². The Bertz CT molecular complexity index is 1460. The van der Waals surface area contributed by atoms with Crippen LogP contribution in [0.3, 0.4) is 0 Å². The molecule has 12 heteroatoms. The molecule has 1 unspecified atom stereocenters. The number of nitrogens with zero attached hydrogens (tertiary/aromatic N) is 4. The van der Waals surface area contributed by atoms with Crippen LogP contribution in [0.15, 0.2) is 17.5 Å². The van der Waals surface area contributed by atoms with Gasteiger partial charge in [0.25, 0.3) is 5.91 Å². The first-order chi connectivity index (χ1) is 16.3. The summed E-state index contributed by atoms with van der Waals surface area (Å²) in [5, 5.41) is 18.8. The van der Waals surface area contributed by atoms with Crippen LogP contribution in [0.4, 0.5) is 5.00 Å². The molecular weight excluding hydrogens is 478 g/mol. The number of hydrogen-bond donors (Lipinski definition) is 1. The standard InChI is InChI=1S/C22H21N5O5S2/c1-12-19-16(22(29)32-10-18(28)25-21-14(9-23)4-6-33-21)8-17(13-2-3-13)24-20(19)27(26-12)15-5-7-34(30,31)11-15/h4,6,8,13,15H,2-3,5,7,10-11H2,1H3,(H,25,28). The van der Waals surface area contributed by atoms with Gasteiger partial charge in [0.2, 0.25) is 0 Å². The van der Waals surface area contributed by atoms with Gasteiger partial charge in [0.1, 0.15) is 11.1 Å². The molecule has 0 bridgehead atoms. The van der Waals surface area contributed by atoms with Crippen LogP contribution in [-0.4, -0.2) is 53.2 Å². The van der Waals surface area contributed by atoms with Crippen molar-refractivity contribution in [1.82, 2.24) is 14.8 Å². The Morgan fingerprint density at radius 1 is 1.35 bits per heavy atom. The molecule has 10 nitrogen and oxygen atoms in total. The highest BCUT2D eigenvalue weighted by atomic mass is 32.2. The van der Waals surface area contributed by atoms with E-state index in [0.717, 1.165) is 18.5 Å². The first-order valence-corrected chi connectivity index (χ1v) is 13.5. The van der Waals surface area contributed by atoms with E-state index < -0.39 is 28.3 Å². The van der Waals surface area contributed by atoms with E-state index in [4.69, 9.17) is 15.0 Å². The van der Waals surface area contributed by atoms with E-state index in [1.807, 2.05) is 6.07 Å². The topological polar surface area (TPSA) is 144 Å². The number of hydrogen-bond acceptors (Lipinski definition) is 9. The quantitative estimate of drug-likeness (QED) is 0.510. The third kappa shape index (κ3) is 4.28. The number of anilines is 1. The predicted octanol–water partition coefficient (Wildman–Crippen LogP) is 2.71.